The maximum absolute atomic E-state index is 13.2. The Balaban J connectivity index is 0.00000186. The quantitative estimate of drug-likeness (QED) is 0.236. The number of Topliss-reactive ketones (excluding diaryl/α,β-unsaturated/α-hetero) is 1. The van der Waals surface area contributed by atoms with E-state index in [1.54, 1.807) is 6.92 Å². The minimum atomic E-state index is -2.26. The predicted molar refractivity (Wildman–Crippen MR) is 139 cm³/mol. The number of nitrogens with zero attached hydrogens (tertiary/aromatic N) is 1. The summed E-state index contributed by atoms with van der Waals surface area (Å²) in [5.74, 6) is -5.01. The summed E-state index contributed by atoms with van der Waals surface area (Å²) in [7, 11) is 0. The normalized spacial score (nSPS) is 40.6. The number of carbonyl (C=O) groups is 3. The summed E-state index contributed by atoms with van der Waals surface area (Å²) in [6, 6.07) is -0.895. The summed E-state index contributed by atoms with van der Waals surface area (Å²) < 4.78 is 11.2. The molecule has 212 valence electrons. The first kappa shape index (κ1) is 30.3. The van der Waals surface area contributed by atoms with Crippen molar-refractivity contribution in [2.24, 2.45) is 23.7 Å². The van der Waals surface area contributed by atoms with Gasteiger partial charge in [-0.1, -0.05) is 20.8 Å². The van der Waals surface area contributed by atoms with E-state index in [1.165, 1.54) is 4.90 Å². The second kappa shape index (κ2) is 12.8. The molecule has 0 bridgehead atoms. The van der Waals surface area contributed by atoms with Crippen molar-refractivity contribution in [1.29, 1.82) is 0 Å². The zero-order chi connectivity index (χ0) is 27.5. The Morgan fingerprint density at radius 1 is 1.05 bits per heavy atom. The number of piperidine rings is 1. The van der Waals surface area contributed by atoms with Crippen molar-refractivity contribution in [3.05, 3.63) is 0 Å². The molecular weight excluding hydrogens is 498 g/mol. The Morgan fingerprint density at radius 3 is 2.46 bits per heavy atom. The lowest BCUT2D eigenvalue weighted by Crippen LogP contribution is -2.60. The highest BCUT2D eigenvalue weighted by atomic mass is 32.1. The minimum absolute atomic E-state index is 0.00386. The fourth-order valence-corrected chi connectivity index (χ4v) is 6.80. The van der Waals surface area contributed by atoms with Crippen LogP contribution in [0.2, 0.25) is 0 Å². The SMILES string of the molecule is CC.CC(OC(=O)C1CCCCN1C(=O)C(=O)C1(O)OC(S)CCC1C)C1CC2CCC(O)C(O)C2C1. The van der Waals surface area contributed by atoms with Gasteiger partial charge in [-0.2, -0.15) is 0 Å². The van der Waals surface area contributed by atoms with Crippen molar-refractivity contribution in [2.45, 2.75) is 121 Å². The lowest BCUT2D eigenvalue weighted by Gasteiger charge is -2.41. The molecule has 3 N–H and O–H groups in total. The highest BCUT2D eigenvalue weighted by Gasteiger charge is 2.52. The Morgan fingerprint density at radius 2 is 1.76 bits per heavy atom. The van der Waals surface area contributed by atoms with E-state index in [9.17, 15) is 29.7 Å². The van der Waals surface area contributed by atoms with Crippen LogP contribution in [0.5, 0.6) is 0 Å². The molecule has 4 fully saturated rings. The number of hydrogen-bond donors (Lipinski definition) is 4. The van der Waals surface area contributed by atoms with Crippen LogP contribution in [-0.4, -0.2) is 80.0 Å². The van der Waals surface area contributed by atoms with Crippen molar-refractivity contribution in [3.8, 4) is 0 Å². The van der Waals surface area contributed by atoms with E-state index in [2.05, 4.69) is 12.6 Å². The summed E-state index contributed by atoms with van der Waals surface area (Å²) in [5, 5.41) is 31.3. The Labute approximate surface area is 225 Å². The largest absolute Gasteiger partial charge is 0.461 e. The van der Waals surface area contributed by atoms with Crippen molar-refractivity contribution in [2.75, 3.05) is 6.54 Å². The molecule has 37 heavy (non-hydrogen) atoms. The van der Waals surface area contributed by atoms with E-state index in [0.29, 0.717) is 44.4 Å². The van der Waals surface area contributed by atoms with Gasteiger partial charge in [0.25, 0.3) is 11.7 Å². The molecule has 10 heteroatoms. The number of carbonyl (C=O) groups excluding carboxylic acids is 3. The molecule has 10 unspecified atom stereocenters. The third kappa shape index (κ3) is 6.35. The van der Waals surface area contributed by atoms with E-state index < -0.39 is 59.2 Å². The van der Waals surface area contributed by atoms with Gasteiger partial charge in [-0.25, -0.2) is 4.79 Å². The van der Waals surface area contributed by atoms with Gasteiger partial charge in [0.05, 0.1) is 12.2 Å². The van der Waals surface area contributed by atoms with Crippen LogP contribution in [0.4, 0.5) is 0 Å². The molecule has 2 saturated heterocycles. The first-order valence-corrected chi connectivity index (χ1v) is 14.5. The van der Waals surface area contributed by atoms with Crippen LogP contribution in [0.15, 0.2) is 0 Å². The van der Waals surface area contributed by atoms with Gasteiger partial charge in [0.15, 0.2) is 0 Å². The van der Waals surface area contributed by atoms with E-state index in [0.717, 1.165) is 19.3 Å². The van der Waals surface area contributed by atoms with Crippen LogP contribution in [0.3, 0.4) is 0 Å². The van der Waals surface area contributed by atoms with Crippen LogP contribution in [-0.2, 0) is 23.9 Å². The molecule has 10 atom stereocenters. The first-order chi connectivity index (χ1) is 17.5. The number of aliphatic hydroxyl groups is 3. The van der Waals surface area contributed by atoms with E-state index >= 15 is 0 Å². The second-order valence-corrected chi connectivity index (χ2v) is 11.6. The topological polar surface area (TPSA) is 134 Å². The highest BCUT2D eigenvalue weighted by molar-refractivity contribution is 7.80. The van der Waals surface area contributed by atoms with Crippen LogP contribution in [0.25, 0.3) is 0 Å². The Hall–Kier alpha value is -1.20. The summed E-state index contributed by atoms with van der Waals surface area (Å²) in [6.07, 6.45) is 3.88. The van der Waals surface area contributed by atoms with Gasteiger partial charge < -0.3 is 29.7 Å². The lowest BCUT2D eigenvalue weighted by molar-refractivity contribution is -0.247. The number of ketones is 1. The van der Waals surface area contributed by atoms with E-state index in [1.807, 2.05) is 20.8 Å². The number of hydrogen-bond acceptors (Lipinski definition) is 9. The monoisotopic (exact) mass is 543 g/mol. The van der Waals surface area contributed by atoms with Crippen LogP contribution in [0, 0.1) is 23.7 Å². The van der Waals surface area contributed by atoms with Crippen molar-refractivity contribution in [1.82, 2.24) is 4.90 Å². The smallest absolute Gasteiger partial charge is 0.329 e. The molecule has 4 aliphatic rings. The van der Waals surface area contributed by atoms with Crippen molar-refractivity contribution < 1.29 is 39.2 Å². The van der Waals surface area contributed by atoms with E-state index in [4.69, 9.17) is 9.47 Å². The number of rotatable bonds is 5. The minimum Gasteiger partial charge on any atom is -0.461 e. The van der Waals surface area contributed by atoms with Crippen molar-refractivity contribution >= 4 is 30.3 Å². The molecule has 1 amide bonds. The predicted octanol–water partition coefficient (Wildman–Crippen LogP) is 2.44. The summed E-state index contributed by atoms with van der Waals surface area (Å²) >= 11 is 4.21. The number of likely N-dealkylation sites (tertiary alicyclic amines) is 1. The molecule has 0 aromatic heterocycles. The second-order valence-electron chi connectivity index (χ2n) is 11.0. The van der Waals surface area contributed by atoms with E-state index in [-0.39, 0.29) is 18.4 Å². The maximum Gasteiger partial charge on any atom is 0.329 e. The van der Waals surface area contributed by atoms with Gasteiger partial charge >= 0.3 is 5.97 Å². The fraction of sp³-hybridized carbons (Fsp3) is 0.889. The molecule has 2 aliphatic carbocycles. The summed E-state index contributed by atoms with van der Waals surface area (Å²) in [4.78, 5) is 40.7. The Kier molecular flexibility index (Phi) is 10.5. The molecule has 2 heterocycles. The average Bonchev–Trinajstić information content (AvgIpc) is 3.34. The van der Waals surface area contributed by atoms with Crippen LogP contribution < -0.4 is 0 Å². The first-order valence-electron chi connectivity index (χ1n) is 14.0. The molecule has 9 nitrogen and oxygen atoms in total. The molecular formula is C27H45NO8S. The fourth-order valence-electron chi connectivity index (χ4n) is 6.49. The van der Waals surface area contributed by atoms with Crippen LogP contribution in [0.1, 0.15) is 85.5 Å². The molecule has 2 saturated carbocycles. The molecule has 0 aromatic rings. The molecule has 4 rings (SSSR count). The molecule has 0 radical (unpaired) electrons. The lowest BCUT2D eigenvalue weighted by atomic mass is 9.78. The number of fused-ring (bicyclic) bond motifs is 1. The zero-order valence-electron chi connectivity index (χ0n) is 22.5. The number of ether oxygens (including phenoxy) is 2. The van der Waals surface area contributed by atoms with Gasteiger partial charge in [-0.15, -0.1) is 12.6 Å². The standard InChI is InChI=1S/C25H39NO8S.C2H6/c1-13-6-9-20(35)34-25(13,32)22(29)23(30)26-10-4-3-5-18(26)24(31)33-14(2)16-11-15-7-8-19(27)21(28)17(15)12-16;1-2/h13-21,27-28,32,35H,3-12H2,1-2H3;1-2H3. The van der Waals surface area contributed by atoms with Gasteiger partial charge in [0.1, 0.15) is 17.6 Å². The van der Waals surface area contributed by atoms with Crippen molar-refractivity contribution in [3.63, 3.8) is 0 Å². The molecule has 0 aromatic carbocycles. The average molecular weight is 544 g/mol. The zero-order valence-corrected chi connectivity index (χ0v) is 23.4. The number of thiol groups is 1. The highest BCUT2D eigenvalue weighted by Crippen LogP contribution is 2.47. The number of esters is 1. The van der Waals surface area contributed by atoms with Crippen LogP contribution >= 0.6 is 12.6 Å². The van der Waals surface area contributed by atoms with Gasteiger partial charge in [-0.3, -0.25) is 9.59 Å². The number of amides is 1. The molecule has 2 aliphatic heterocycles. The molecule has 0 spiro atoms. The van der Waals surface area contributed by atoms with Gasteiger partial charge in [-0.05, 0) is 82.5 Å². The third-order valence-corrected chi connectivity index (χ3v) is 9.17. The third-order valence-electron chi connectivity index (χ3n) is 8.80. The van der Waals surface area contributed by atoms with Gasteiger partial charge in [0, 0.05) is 12.5 Å². The number of aliphatic hydroxyl groups excluding tert-OH is 2. The summed E-state index contributed by atoms with van der Waals surface area (Å²) in [6.45, 7) is 7.71. The summed E-state index contributed by atoms with van der Waals surface area (Å²) in [5.41, 5.74) is -0.648. The van der Waals surface area contributed by atoms with Gasteiger partial charge in [0.2, 0.25) is 5.79 Å². The maximum atomic E-state index is 13.2. The Bertz CT molecular complexity index is 826.